The molecule has 1 aromatic carbocycles. The van der Waals surface area contributed by atoms with Gasteiger partial charge in [0.25, 0.3) is 5.56 Å². The van der Waals surface area contributed by atoms with Gasteiger partial charge in [0.2, 0.25) is 5.91 Å². The monoisotopic (exact) mass is 380 g/mol. The fourth-order valence-corrected chi connectivity index (χ4v) is 2.85. The number of halogens is 3. The number of pyridine rings is 1. The van der Waals surface area contributed by atoms with Gasteiger partial charge >= 0.3 is 6.18 Å². The molecule has 0 atom stereocenters. The van der Waals surface area contributed by atoms with E-state index in [9.17, 15) is 22.8 Å². The van der Waals surface area contributed by atoms with Crippen molar-refractivity contribution in [2.24, 2.45) is 0 Å². The number of hydrogen-bond donors (Lipinski definition) is 2. The van der Waals surface area contributed by atoms with Crippen LogP contribution in [0.4, 0.5) is 18.9 Å². The number of rotatable bonds is 4. The number of nitrogens with zero attached hydrogens (tertiary/aromatic N) is 2. The molecule has 0 fully saturated rings. The molecule has 3 aromatic rings. The van der Waals surface area contributed by atoms with Gasteiger partial charge in [-0.05, 0) is 12.1 Å². The Kier molecular flexibility index (Phi) is 4.94. The van der Waals surface area contributed by atoms with E-state index in [0.717, 1.165) is 5.39 Å². The maximum atomic E-state index is 12.7. The fourth-order valence-electron chi connectivity index (χ4n) is 2.17. The minimum Gasteiger partial charge on any atom is -0.323 e. The quantitative estimate of drug-likeness (QED) is 0.537. The van der Waals surface area contributed by atoms with Gasteiger partial charge in [-0.2, -0.15) is 13.2 Å². The Morgan fingerprint density at radius 3 is 2.77 bits per heavy atom. The van der Waals surface area contributed by atoms with Crippen molar-refractivity contribution in [3.8, 4) is 0 Å². The number of carbonyl (C=O) groups is 1. The first-order valence-electron chi connectivity index (χ1n) is 7.28. The SMILES string of the molecule is O=C(CSc1nc(C(F)(F)F)cc(=O)[nH]1)Nc1cccc2cccnc12. The lowest BCUT2D eigenvalue weighted by Gasteiger charge is -2.09. The van der Waals surface area contributed by atoms with Gasteiger partial charge < -0.3 is 10.3 Å². The zero-order valence-electron chi connectivity index (χ0n) is 13.0. The lowest BCUT2D eigenvalue weighted by molar-refractivity contribution is -0.141. The summed E-state index contributed by atoms with van der Waals surface area (Å²) in [5, 5.41) is 3.20. The van der Waals surface area contributed by atoms with Crippen LogP contribution in [0.2, 0.25) is 0 Å². The standard InChI is InChI=1S/C16H11F3N4O2S/c17-16(18,19)11-7-12(24)23-15(22-11)26-8-13(25)21-10-5-1-3-9-4-2-6-20-14(9)10/h1-7H,8H2,(H,21,25)(H,22,23,24). The molecule has 2 heterocycles. The Morgan fingerprint density at radius 2 is 2.00 bits per heavy atom. The van der Waals surface area contributed by atoms with Crippen LogP contribution in [0, 0.1) is 0 Å². The van der Waals surface area contributed by atoms with Gasteiger partial charge in [0.15, 0.2) is 10.9 Å². The van der Waals surface area contributed by atoms with Crippen molar-refractivity contribution >= 4 is 34.3 Å². The van der Waals surface area contributed by atoms with Crippen molar-refractivity contribution in [2.45, 2.75) is 11.3 Å². The molecular weight excluding hydrogens is 369 g/mol. The van der Waals surface area contributed by atoms with Gasteiger partial charge in [-0.15, -0.1) is 0 Å². The van der Waals surface area contributed by atoms with Crippen molar-refractivity contribution in [1.82, 2.24) is 15.0 Å². The summed E-state index contributed by atoms with van der Waals surface area (Å²) in [5.41, 5.74) is -1.16. The molecule has 0 bridgehead atoms. The molecule has 0 unspecified atom stereocenters. The topological polar surface area (TPSA) is 87.7 Å². The molecule has 2 aromatic heterocycles. The summed E-state index contributed by atoms with van der Waals surface area (Å²) in [5.74, 6) is -0.693. The van der Waals surface area contributed by atoms with Crippen molar-refractivity contribution < 1.29 is 18.0 Å². The summed E-state index contributed by atoms with van der Waals surface area (Å²) in [4.78, 5) is 33.1. The van der Waals surface area contributed by atoms with E-state index in [4.69, 9.17) is 0 Å². The van der Waals surface area contributed by atoms with Crippen LogP contribution >= 0.6 is 11.8 Å². The molecule has 0 aliphatic carbocycles. The number of carbonyl (C=O) groups excluding carboxylic acids is 1. The Hall–Kier alpha value is -2.88. The number of aromatic amines is 1. The lowest BCUT2D eigenvalue weighted by atomic mass is 10.2. The van der Waals surface area contributed by atoms with E-state index in [0.29, 0.717) is 29.0 Å². The number of fused-ring (bicyclic) bond motifs is 1. The molecule has 6 nitrogen and oxygen atoms in total. The number of hydrogen-bond acceptors (Lipinski definition) is 5. The summed E-state index contributed by atoms with van der Waals surface area (Å²) in [6.07, 6.45) is -3.15. The Balaban J connectivity index is 1.71. The minimum absolute atomic E-state index is 0.229. The van der Waals surface area contributed by atoms with E-state index in [-0.39, 0.29) is 10.9 Å². The average Bonchev–Trinajstić information content (AvgIpc) is 2.59. The van der Waals surface area contributed by atoms with Gasteiger partial charge in [-0.3, -0.25) is 14.6 Å². The highest BCUT2D eigenvalue weighted by molar-refractivity contribution is 7.99. The Bertz CT molecular complexity index is 1010. The maximum absolute atomic E-state index is 12.7. The van der Waals surface area contributed by atoms with E-state index < -0.39 is 23.3 Å². The molecule has 3 rings (SSSR count). The molecule has 0 saturated heterocycles. The molecule has 2 N–H and O–H groups in total. The molecule has 26 heavy (non-hydrogen) atoms. The molecule has 0 radical (unpaired) electrons. The second-order valence-corrected chi connectivity index (χ2v) is 6.12. The van der Waals surface area contributed by atoms with Gasteiger partial charge in [-0.1, -0.05) is 30.0 Å². The normalized spacial score (nSPS) is 11.5. The maximum Gasteiger partial charge on any atom is 0.433 e. The van der Waals surface area contributed by atoms with Crippen LogP contribution in [0.1, 0.15) is 5.69 Å². The second kappa shape index (κ2) is 7.16. The van der Waals surface area contributed by atoms with Crippen LogP contribution in [-0.4, -0.2) is 26.6 Å². The molecule has 0 aliphatic heterocycles. The highest BCUT2D eigenvalue weighted by atomic mass is 32.2. The third kappa shape index (κ3) is 4.20. The summed E-state index contributed by atoms with van der Waals surface area (Å²) >= 11 is 0.698. The number of para-hydroxylation sites is 1. The largest absolute Gasteiger partial charge is 0.433 e. The van der Waals surface area contributed by atoms with Gasteiger partial charge in [-0.25, -0.2) is 4.98 Å². The van der Waals surface area contributed by atoms with Crippen LogP contribution in [0.25, 0.3) is 10.9 Å². The first-order valence-corrected chi connectivity index (χ1v) is 8.26. The van der Waals surface area contributed by atoms with E-state index in [1.807, 2.05) is 12.1 Å². The Labute approximate surface area is 148 Å². The van der Waals surface area contributed by atoms with E-state index in [1.165, 1.54) is 0 Å². The number of benzene rings is 1. The molecule has 10 heteroatoms. The number of anilines is 1. The molecular formula is C16H11F3N4O2S. The van der Waals surface area contributed by atoms with Crippen LogP contribution in [-0.2, 0) is 11.0 Å². The predicted molar refractivity (Wildman–Crippen MR) is 91.0 cm³/mol. The van der Waals surface area contributed by atoms with Gasteiger partial charge in [0.05, 0.1) is 17.0 Å². The minimum atomic E-state index is -4.74. The van der Waals surface area contributed by atoms with Gasteiger partial charge in [0, 0.05) is 17.6 Å². The molecule has 134 valence electrons. The third-order valence-electron chi connectivity index (χ3n) is 3.26. The van der Waals surface area contributed by atoms with Crippen molar-refractivity contribution in [1.29, 1.82) is 0 Å². The van der Waals surface area contributed by atoms with E-state index in [2.05, 4.69) is 20.3 Å². The fraction of sp³-hybridized carbons (Fsp3) is 0.125. The number of amides is 1. The van der Waals surface area contributed by atoms with Crippen molar-refractivity contribution in [2.75, 3.05) is 11.1 Å². The second-order valence-electron chi connectivity index (χ2n) is 5.15. The van der Waals surface area contributed by atoms with Crippen LogP contribution in [0.3, 0.4) is 0 Å². The van der Waals surface area contributed by atoms with E-state index >= 15 is 0 Å². The third-order valence-corrected chi connectivity index (χ3v) is 4.13. The van der Waals surface area contributed by atoms with E-state index in [1.54, 1.807) is 24.4 Å². The first kappa shape index (κ1) is 17.9. The zero-order valence-corrected chi connectivity index (χ0v) is 13.8. The molecule has 1 amide bonds. The number of alkyl halides is 3. The number of thioether (sulfide) groups is 1. The van der Waals surface area contributed by atoms with Crippen LogP contribution in [0.15, 0.2) is 52.5 Å². The predicted octanol–water partition coefficient (Wildman–Crippen LogP) is 3.07. The van der Waals surface area contributed by atoms with Crippen molar-refractivity contribution in [3.05, 3.63) is 58.6 Å². The number of nitrogens with one attached hydrogen (secondary N) is 2. The lowest BCUT2D eigenvalue weighted by Crippen LogP contribution is -2.18. The van der Waals surface area contributed by atoms with Crippen molar-refractivity contribution in [3.63, 3.8) is 0 Å². The summed E-state index contributed by atoms with van der Waals surface area (Å²) in [7, 11) is 0. The zero-order chi connectivity index (χ0) is 18.7. The van der Waals surface area contributed by atoms with Crippen LogP contribution in [0.5, 0.6) is 0 Å². The summed E-state index contributed by atoms with van der Waals surface area (Å²) in [6.45, 7) is 0. The molecule has 0 spiro atoms. The number of aromatic nitrogens is 3. The average molecular weight is 380 g/mol. The Morgan fingerprint density at radius 1 is 1.23 bits per heavy atom. The highest BCUT2D eigenvalue weighted by Gasteiger charge is 2.33. The van der Waals surface area contributed by atoms with Crippen LogP contribution < -0.4 is 10.9 Å². The smallest absolute Gasteiger partial charge is 0.323 e. The highest BCUT2D eigenvalue weighted by Crippen LogP contribution is 2.27. The van der Waals surface area contributed by atoms with Gasteiger partial charge in [0.1, 0.15) is 0 Å². The molecule has 0 saturated carbocycles. The summed E-state index contributed by atoms with van der Waals surface area (Å²) < 4.78 is 38.0. The molecule has 0 aliphatic rings. The number of H-pyrrole nitrogens is 1. The first-order chi connectivity index (χ1) is 12.3. The summed E-state index contributed by atoms with van der Waals surface area (Å²) in [6, 6.07) is 9.22.